The molecule has 128 valence electrons. The number of rotatable bonds is 6. The first-order chi connectivity index (χ1) is 12.1. The van der Waals surface area contributed by atoms with Crippen molar-refractivity contribution in [1.29, 1.82) is 0 Å². The monoisotopic (exact) mass is 339 g/mol. The van der Waals surface area contributed by atoms with Crippen LogP contribution in [-0.4, -0.2) is 22.8 Å². The predicted octanol–water partition coefficient (Wildman–Crippen LogP) is 2.15. The molecule has 2 amide bonds. The van der Waals surface area contributed by atoms with Gasteiger partial charge in [-0.1, -0.05) is 48.5 Å². The lowest BCUT2D eigenvalue weighted by atomic mass is 10.1. The van der Waals surface area contributed by atoms with E-state index in [1.165, 1.54) is 0 Å². The van der Waals surface area contributed by atoms with Gasteiger partial charge < -0.3 is 10.6 Å². The van der Waals surface area contributed by atoms with E-state index in [0.29, 0.717) is 11.3 Å². The molecule has 7 nitrogen and oxygen atoms in total. The van der Waals surface area contributed by atoms with Crippen molar-refractivity contribution in [2.75, 3.05) is 5.32 Å². The number of carbonyl (C=O) groups is 2. The molecule has 0 aromatic heterocycles. The van der Waals surface area contributed by atoms with Crippen molar-refractivity contribution < 1.29 is 14.5 Å². The number of nitrogens with zero attached hydrogens (tertiary/aromatic N) is 1. The molecule has 2 N–H and O–H groups in total. The van der Waals surface area contributed by atoms with Crippen LogP contribution in [0.25, 0.3) is 0 Å². The Labute approximate surface area is 144 Å². The molecule has 1 saturated carbocycles. The summed E-state index contributed by atoms with van der Waals surface area (Å²) in [6, 6.07) is 15.9. The maximum absolute atomic E-state index is 12.6. The highest BCUT2D eigenvalue weighted by molar-refractivity contribution is 5.98. The molecule has 7 heteroatoms. The Morgan fingerprint density at radius 3 is 2.20 bits per heavy atom. The molecule has 3 rings (SSSR count). The van der Waals surface area contributed by atoms with Gasteiger partial charge in [-0.05, 0) is 17.7 Å². The van der Waals surface area contributed by atoms with Crippen molar-refractivity contribution in [2.24, 2.45) is 5.92 Å². The van der Waals surface area contributed by atoms with E-state index in [-0.39, 0.29) is 6.42 Å². The molecule has 0 spiro atoms. The number of nitro groups is 1. The topological polar surface area (TPSA) is 101 Å². The molecule has 2 aromatic carbocycles. The van der Waals surface area contributed by atoms with Gasteiger partial charge in [-0.3, -0.25) is 19.7 Å². The van der Waals surface area contributed by atoms with Gasteiger partial charge in [-0.15, -0.1) is 0 Å². The molecular weight excluding hydrogens is 322 g/mol. The van der Waals surface area contributed by atoms with E-state index in [2.05, 4.69) is 10.6 Å². The van der Waals surface area contributed by atoms with E-state index < -0.39 is 34.7 Å². The standard InChI is InChI=1S/C18H17N3O4/c22-17(14-11-15(14)21(24)25)20-16(12-7-3-1-4-8-12)18(23)19-13-9-5-2-6-10-13/h1-10,14-16H,11H2,(H,19,23)(H,20,22)/t14-,15+,16+/m0/s1. The second-order valence-electron chi connectivity index (χ2n) is 5.90. The van der Waals surface area contributed by atoms with E-state index in [9.17, 15) is 19.7 Å². The van der Waals surface area contributed by atoms with Crippen LogP contribution in [0.5, 0.6) is 0 Å². The zero-order valence-corrected chi connectivity index (χ0v) is 13.3. The van der Waals surface area contributed by atoms with Crippen molar-refractivity contribution >= 4 is 17.5 Å². The Kier molecular flexibility index (Phi) is 4.74. The number of benzene rings is 2. The fourth-order valence-corrected chi connectivity index (χ4v) is 2.63. The molecule has 0 unspecified atom stereocenters. The van der Waals surface area contributed by atoms with Gasteiger partial charge in [0.25, 0.3) is 5.91 Å². The Hall–Kier alpha value is -3.22. The van der Waals surface area contributed by atoms with E-state index in [0.717, 1.165) is 0 Å². The first kappa shape index (κ1) is 16.6. The van der Waals surface area contributed by atoms with E-state index in [1.54, 1.807) is 54.6 Å². The van der Waals surface area contributed by atoms with Gasteiger partial charge in [0, 0.05) is 17.0 Å². The summed E-state index contributed by atoms with van der Waals surface area (Å²) in [5, 5.41) is 16.1. The molecule has 3 atom stereocenters. The lowest BCUT2D eigenvalue weighted by molar-refractivity contribution is -0.497. The van der Waals surface area contributed by atoms with Crippen molar-refractivity contribution in [3.8, 4) is 0 Å². The third-order valence-electron chi connectivity index (χ3n) is 4.09. The molecule has 0 aliphatic heterocycles. The summed E-state index contributed by atoms with van der Waals surface area (Å²) in [7, 11) is 0. The zero-order valence-electron chi connectivity index (χ0n) is 13.3. The summed E-state index contributed by atoms with van der Waals surface area (Å²) in [4.78, 5) is 35.2. The maximum atomic E-state index is 12.6. The second-order valence-corrected chi connectivity index (χ2v) is 5.90. The lowest BCUT2D eigenvalue weighted by Gasteiger charge is -2.18. The normalized spacial score (nSPS) is 19.5. The minimum absolute atomic E-state index is 0.209. The number of hydrogen-bond donors (Lipinski definition) is 2. The molecule has 0 bridgehead atoms. The van der Waals surface area contributed by atoms with Crippen LogP contribution in [-0.2, 0) is 9.59 Å². The summed E-state index contributed by atoms with van der Waals surface area (Å²) >= 11 is 0. The third kappa shape index (κ3) is 4.00. The number of amides is 2. The summed E-state index contributed by atoms with van der Waals surface area (Å²) < 4.78 is 0. The van der Waals surface area contributed by atoms with Gasteiger partial charge in [-0.2, -0.15) is 0 Å². The fourth-order valence-electron chi connectivity index (χ4n) is 2.63. The lowest BCUT2D eigenvalue weighted by Crippen LogP contribution is -2.38. The highest BCUT2D eigenvalue weighted by atomic mass is 16.6. The largest absolute Gasteiger partial charge is 0.340 e. The van der Waals surface area contributed by atoms with Crippen LogP contribution in [0.2, 0.25) is 0 Å². The van der Waals surface area contributed by atoms with Crippen LogP contribution < -0.4 is 10.6 Å². The van der Waals surface area contributed by atoms with E-state index in [4.69, 9.17) is 0 Å². The summed E-state index contributed by atoms with van der Waals surface area (Å²) in [5.74, 6) is -1.55. The van der Waals surface area contributed by atoms with Gasteiger partial charge in [0.2, 0.25) is 11.9 Å². The molecule has 0 heterocycles. The smallest absolute Gasteiger partial charge is 0.251 e. The number of para-hydroxylation sites is 1. The van der Waals surface area contributed by atoms with Crippen LogP contribution in [0.4, 0.5) is 5.69 Å². The molecule has 0 saturated heterocycles. The fraction of sp³-hybridized carbons (Fsp3) is 0.222. The van der Waals surface area contributed by atoms with Crippen molar-refractivity contribution in [3.05, 3.63) is 76.3 Å². The highest BCUT2D eigenvalue weighted by Gasteiger charge is 2.53. The van der Waals surface area contributed by atoms with Crippen LogP contribution >= 0.6 is 0 Å². The van der Waals surface area contributed by atoms with E-state index >= 15 is 0 Å². The van der Waals surface area contributed by atoms with Gasteiger partial charge >= 0.3 is 0 Å². The van der Waals surface area contributed by atoms with Crippen LogP contribution in [0.3, 0.4) is 0 Å². The van der Waals surface area contributed by atoms with Crippen molar-refractivity contribution in [1.82, 2.24) is 5.32 Å². The molecule has 2 aromatic rings. The Morgan fingerprint density at radius 2 is 1.64 bits per heavy atom. The molecule has 25 heavy (non-hydrogen) atoms. The minimum Gasteiger partial charge on any atom is -0.340 e. The van der Waals surface area contributed by atoms with E-state index in [1.807, 2.05) is 6.07 Å². The molecule has 0 radical (unpaired) electrons. The van der Waals surface area contributed by atoms with Crippen LogP contribution in [0, 0.1) is 16.0 Å². The minimum atomic E-state index is -0.915. The Bertz CT molecular complexity index is 779. The first-order valence-corrected chi connectivity index (χ1v) is 7.91. The number of anilines is 1. The quantitative estimate of drug-likeness (QED) is 0.622. The number of carbonyl (C=O) groups excluding carboxylic acids is 2. The predicted molar refractivity (Wildman–Crippen MR) is 91.3 cm³/mol. The number of nitrogens with one attached hydrogen (secondary N) is 2. The van der Waals surface area contributed by atoms with Gasteiger partial charge in [0.15, 0.2) is 0 Å². The van der Waals surface area contributed by atoms with Gasteiger partial charge in [-0.25, -0.2) is 0 Å². The average Bonchev–Trinajstić information content (AvgIpc) is 3.42. The average molecular weight is 339 g/mol. The maximum Gasteiger partial charge on any atom is 0.251 e. The SMILES string of the molecule is O=C(N[C@@H](C(=O)Nc1ccccc1)c1ccccc1)[C@H]1C[C@H]1[N+](=O)[O-]. The molecule has 1 aliphatic carbocycles. The molecule has 1 aliphatic rings. The van der Waals surface area contributed by atoms with Gasteiger partial charge in [0.1, 0.15) is 12.0 Å². The number of hydrogen-bond acceptors (Lipinski definition) is 4. The van der Waals surface area contributed by atoms with Crippen LogP contribution in [0.15, 0.2) is 60.7 Å². The summed E-state index contributed by atoms with van der Waals surface area (Å²) in [6.45, 7) is 0. The Balaban J connectivity index is 1.75. The van der Waals surface area contributed by atoms with Crippen molar-refractivity contribution in [3.63, 3.8) is 0 Å². The van der Waals surface area contributed by atoms with Crippen molar-refractivity contribution in [2.45, 2.75) is 18.5 Å². The summed E-state index contributed by atoms with van der Waals surface area (Å²) in [6.07, 6.45) is 0.209. The first-order valence-electron chi connectivity index (χ1n) is 7.91. The Morgan fingerprint density at radius 1 is 1.04 bits per heavy atom. The zero-order chi connectivity index (χ0) is 17.8. The third-order valence-corrected chi connectivity index (χ3v) is 4.09. The second kappa shape index (κ2) is 7.12. The van der Waals surface area contributed by atoms with Gasteiger partial charge in [0.05, 0.1) is 0 Å². The summed E-state index contributed by atoms with van der Waals surface area (Å²) in [5.41, 5.74) is 1.22. The highest BCUT2D eigenvalue weighted by Crippen LogP contribution is 2.33. The molecular formula is C18H17N3O4. The van der Waals surface area contributed by atoms with Crippen LogP contribution in [0.1, 0.15) is 18.0 Å². The molecule has 1 fully saturated rings.